The van der Waals surface area contributed by atoms with E-state index in [2.05, 4.69) is 20.3 Å². The number of pyridine rings is 2. The van der Waals surface area contributed by atoms with Crippen LogP contribution in [0.15, 0.2) is 59.9 Å². The molecule has 124 valence electrons. The smallest absolute Gasteiger partial charge is 0.255 e. The summed E-state index contributed by atoms with van der Waals surface area (Å²) in [6.45, 7) is 0.597. The van der Waals surface area contributed by atoms with E-state index in [0.29, 0.717) is 23.2 Å². The van der Waals surface area contributed by atoms with Crippen molar-refractivity contribution >= 4 is 23.1 Å². The number of ether oxygens (including phenoxy) is 1. The molecular weight excluding hydrogens is 343 g/mol. The molecule has 1 N–H and O–H groups in total. The Kier molecular flexibility index (Phi) is 4.03. The molecule has 1 aliphatic heterocycles. The summed E-state index contributed by atoms with van der Waals surface area (Å²) in [7, 11) is 0. The van der Waals surface area contributed by atoms with E-state index in [-0.39, 0.29) is 5.88 Å². The van der Waals surface area contributed by atoms with Crippen LogP contribution >= 0.6 is 11.6 Å². The topological polar surface area (TPSA) is 59.4 Å². The van der Waals surface area contributed by atoms with E-state index in [1.54, 1.807) is 24.4 Å². The van der Waals surface area contributed by atoms with E-state index in [0.717, 1.165) is 16.9 Å². The van der Waals surface area contributed by atoms with Gasteiger partial charge in [0.2, 0.25) is 0 Å². The Labute approximate surface area is 148 Å². The second-order valence-corrected chi connectivity index (χ2v) is 5.75. The number of hydrogen-bond donors (Lipinski definition) is 1. The summed E-state index contributed by atoms with van der Waals surface area (Å²) in [5.41, 5.74) is 2.63. The van der Waals surface area contributed by atoms with Gasteiger partial charge in [-0.1, -0.05) is 17.7 Å². The summed E-state index contributed by atoms with van der Waals surface area (Å²) in [5.74, 6) is 0.333. The first kappa shape index (κ1) is 15.5. The number of hydrogen-bond acceptors (Lipinski definition) is 5. The molecule has 0 radical (unpaired) electrons. The maximum Gasteiger partial charge on any atom is 0.255 e. The van der Waals surface area contributed by atoms with Gasteiger partial charge in [-0.3, -0.25) is 9.98 Å². The third-order valence-corrected chi connectivity index (χ3v) is 3.94. The van der Waals surface area contributed by atoms with Crippen LogP contribution in [0.25, 0.3) is 0 Å². The third kappa shape index (κ3) is 3.16. The number of rotatable bonds is 3. The highest BCUT2D eigenvalue weighted by atomic mass is 35.5. The summed E-state index contributed by atoms with van der Waals surface area (Å²) in [5, 5.41) is 3.53. The number of aliphatic imine (C=N–C) groups is 1. The fourth-order valence-electron chi connectivity index (χ4n) is 2.47. The van der Waals surface area contributed by atoms with E-state index >= 15 is 0 Å². The molecule has 0 saturated heterocycles. The molecule has 0 spiro atoms. The SMILES string of the molecule is Fc1cccnc1Oc1ccc(NC2=NCc3cccnc32)cc1Cl. The van der Waals surface area contributed by atoms with Gasteiger partial charge in [0.1, 0.15) is 11.4 Å². The van der Waals surface area contributed by atoms with Gasteiger partial charge in [-0.05, 0) is 36.4 Å². The molecule has 0 saturated carbocycles. The van der Waals surface area contributed by atoms with E-state index in [4.69, 9.17) is 16.3 Å². The van der Waals surface area contributed by atoms with Crippen molar-refractivity contribution in [3.63, 3.8) is 0 Å². The Morgan fingerprint density at radius 1 is 1.08 bits per heavy atom. The van der Waals surface area contributed by atoms with Crippen molar-refractivity contribution in [2.45, 2.75) is 6.54 Å². The van der Waals surface area contributed by atoms with Crippen molar-refractivity contribution in [2.75, 3.05) is 5.32 Å². The lowest BCUT2D eigenvalue weighted by molar-refractivity contribution is 0.423. The third-order valence-electron chi connectivity index (χ3n) is 3.65. The first-order valence-electron chi connectivity index (χ1n) is 7.54. The van der Waals surface area contributed by atoms with Crippen molar-refractivity contribution in [1.29, 1.82) is 0 Å². The van der Waals surface area contributed by atoms with E-state index in [1.807, 2.05) is 12.1 Å². The molecule has 0 atom stereocenters. The van der Waals surface area contributed by atoms with Gasteiger partial charge in [-0.2, -0.15) is 0 Å². The van der Waals surface area contributed by atoms with Gasteiger partial charge < -0.3 is 10.1 Å². The summed E-state index contributed by atoms with van der Waals surface area (Å²) in [4.78, 5) is 12.6. The molecule has 3 heterocycles. The minimum Gasteiger partial charge on any atom is -0.435 e. The van der Waals surface area contributed by atoms with Gasteiger partial charge in [-0.25, -0.2) is 9.37 Å². The summed E-state index contributed by atoms with van der Waals surface area (Å²) in [6, 6.07) is 11.7. The highest BCUT2D eigenvalue weighted by Gasteiger charge is 2.17. The summed E-state index contributed by atoms with van der Waals surface area (Å²) < 4.78 is 19.1. The predicted molar refractivity (Wildman–Crippen MR) is 93.8 cm³/mol. The maximum atomic E-state index is 13.6. The van der Waals surface area contributed by atoms with Crippen LogP contribution in [-0.4, -0.2) is 15.8 Å². The standard InChI is InChI=1S/C18H12ClFN4O/c19-13-9-12(24-17-16-11(10-23-17)3-1-7-21-16)5-6-15(13)25-18-14(20)4-2-8-22-18/h1-9H,10H2,(H,23,24). The van der Waals surface area contributed by atoms with Crippen LogP contribution in [0.1, 0.15) is 11.3 Å². The number of halogens is 2. The van der Waals surface area contributed by atoms with Crippen LogP contribution in [0.5, 0.6) is 11.6 Å². The minimum absolute atomic E-state index is 0.122. The lowest BCUT2D eigenvalue weighted by atomic mass is 10.2. The number of fused-ring (bicyclic) bond motifs is 1. The molecule has 0 amide bonds. The first-order chi connectivity index (χ1) is 12.2. The first-order valence-corrected chi connectivity index (χ1v) is 7.92. The Balaban J connectivity index is 1.54. The van der Waals surface area contributed by atoms with Crippen LogP contribution in [0.2, 0.25) is 5.02 Å². The van der Waals surface area contributed by atoms with Crippen molar-refractivity contribution < 1.29 is 9.13 Å². The van der Waals surface area contributed by atoms with Crippen molar-refractivity contribution in [2.24, 2.45) is 4.99 Å². The molecule has 2 aromatic heterocycles. The highest BCUT2D eigenvalue weighted by Crippen LogP contribution is 2.32. The van der Waals surface area contributed by atoms with Gasteiger partial charge >= 0.3 is 0 Å². The molecule has 5 nitrogen and oxygen atoms in total. The second kappa shape index (κ2) is 6.49. The van der Waals surface area contributed by atoms with E-state index < -0.39 is 5.82 Å². The number of benzene rings is 1. The molecule has 0 aliphatic carbocycles. The molecule has 0 unspecified atom stereocenters. The number of nitrogens with zero attached hydrogens (tertiary/aromatic N) is 3. The zero-order valence-electron chi connectivity index (χ0n) is 12.9. The maximum absolute atomic E-state index is 13.6. The molecule has 4 rings (SSSR count). The fourth-order valence-corrected chi connectivity index (χ4v) is 2.68. The summed E-state index contributed by atoms with van der Waals surface area (Å²) >= 11 is 6.25. The average Bonchev–Trinajstić information content (AvgIpc) is 3.02. The quantitative estimate of drug-likeness (QED) is 0.755. The Morgan fingerprint density at radius 2 is 1.92 bits per heavy atom. The van der Waals surface area contributed by atoms with Crippen LogP contribution < -0.4 is 10.1 Å². The van der Waals surface area contributed by atoms with Gasteiger partial charge in [0.25, 0.3) is 5.88 Å². The molecule has 1 aliphatic rings. The molecule has 3 aromatic rings. The number of anilines is 1. The second-order valence-electron chi connectivity index (χ2n) is 5.34. The van der Waals surface area contributed by atoms with Gasteiger partial charge in [-0.15, -0.1) is 0 Å². The normalized spacial score (nSPS) is 12.5. The molecular formula is C18H12ClFN4O. The lowest BCUT2D eigenvalue weighted by Crippen LogP contribution is -2.13. The van der Waals surface area contributed by atoms with E-state index in [1.165, 1.54) is 18.3 Å². The highest BCUT2D eigenvalue weighted by molar-refractivity contribution is 6.32. The minimum atomic E-state index is -0.552. The zero-order chi connectivity index (χ0) is 17.2. The zero-order valence-corrected chi connectivity index (χ0v) is 13.7. The average molecular weight is 355 g/mol. The van der Waals surface area contributed by atoms with Gasteiger partial charge in [0, 0.05) is 23.6 Å². The van der Waals surface area contributed by atoms with Gasteiger partial charge in [0.15, 0.2) is 11.7 Å². The Bertz CT molecular complexity index is 977. The number of aromatic nitrogens is 2. The predicted octanol–water partition coefficient (Wildman–Crippen LogP) is 4.43. The Morgan fingerprint density at radius 3 is 2.76 bits per heavy atom. The molecule has 0 fully saturated rings. The lowest BCUT2D eigenvalue weighted by Gasteiger charge is -2.10. The number of amidine groups is 1. The summed E-state index contributed by atoms with van der Waals surface area (Å²) in [6.07, 6.45) is 3.18. The molecule has 7 heteroatoms. The van der Waals surface area contributed by atoms with Gasteiger partial charge in [0.05, 0.1) is 11.6 Å². The van der Waals surface area contributed by atoms with Crippen LogP contribution in [-0.2, 0) is 6.54 Å². The van der Waals surface area contributed by atoms with E-state index in [9.17, 15) is 4.39 Å². The Hall–Kier alpha value is -2.99. The van der Waals surface area contributed by atoms with Crippen molar-refractivity contribution in [3.8, 4) is 11.6 Å². The van der Waals surface area contributed by atoms with Crippen LogP contribution in [0.4, 0.5) is 10.1 Å². The monoisotopic (exact) mass is 354 g/mol. The van der Waals surface area contributed by atoms with Crippen LogP contribution in [0, 0.1) is 5.82 Å². The van der Waals surface area contributed by atoms with Crippen LogP contribution in [0.3, 0.4) is 0 Å². The largest absolute Gasteiger partial charge is 0.435 e. The number of nitrogens with one attached hydrogen (secondary N) is 1. The molecule has 0 bridgehead atoms. The fraction of sp³-hybridized carbons (Fsp3) is 0.0556. The molecule has 1 aromatic carbocycles. The van der Waals surface area contributed by atoms with Crippen molar-refractivity contribution in [1.82, 2.24) is 9.97 Å². The van der Waals surface area contributed by atoms with Crippen molar-refractivity contribution in [3.05, 3.63) is 77.0 Å². The molecule has 25 heavy (non-hydrogen) atoms.